The fourth-order valence-electron chi connectivity index (χ4n) is 2.24. The van der Waals surface area contributed by atoms with E-state index in [1.54, 1.807) is 0 Å². The largest absolute Gasteiger partial charge is 0.409 e. The van der Waals surface area contributed by atoms with Crippen molar-refractivity contribution in [3.05, 3.63) is 29.8 Å². The fourth-order valence-corrected chi connectivity index (χ4v) is 2.24. The van der Waals surface area contributed by atoms with Crippen LogP contribution in [0.4, 0.5) is 5.69 Å². The van der Waals surface area contributed by atoms with E-state index in [1.165, 1.54) is 0 Å². The molecule has 1 heterocycles. The van der Waals surface area contributed by atoms with Crippen molar-refractivity contribution in [2.24, 2.45) is 10.9 Å². The van der Waals surface area contributed by atoms with Crippen LogP contribution in [0.3, 0.4) is 0 Å². The van der Waals surface area contributed by atoms with Gasteiger partial charge in [0, 0.05) is 24.3 Å². The van der Waals surface area contributed by atoms with Gasteiger partial charge in [0.1, 0.15) is 0 Å². The smallest absolute Gasteiger partial charge is 0.172 e. The Bertz CT molecular complexity index is 457. The molecule has 5 heteroatoms. The molecule has 0 radical (unpaired) electrons. The number of morpholine rings is 1. The Labute approximate surface area is 107 Å². The van der Waals surface area contributed by atoms with E-state index in [1.807, 2.05) is 24.3 Å². The highest BCUT2D eigenvalue weighted by molar-refractivity contribution is 6.02. The summed E-state index contributed by atoms with van der Waals surface area (Å²) in [6.45, 7) is 6.38. The molecule has 0 atom stereocenters. The number of oxime groups is 1. The molecule has 0 saturated carbocycles. The molecule has 0 spiro atoms. The number of ether oxygens (including phenoxy) is 1. The maximum Gasteiger partial charge on any atom is 0.172 e. The van der Waals surface area contributed by atoms with Gasteiger partial charge < -0.3 is 20.6 Å². The maximum absolute atomic E-state index is 8.83. The van der Waals surface area contributed by atoms with E-state index in [0.717, 1.165) is 24.3 Å². The van der Waals surface area contributed by atoms with Gasteiger partial charge in [-0.1, -0.05) is 17.3 Å². The van der Waals surface area contributed by atoms with Gasteiger partial charge in [-0.3, -0.25) is 0 Å². The molecule has 0 amide bonds. The van der Waals surface area contributed by atoms with E-state index >= 15 is 0 Å². The summed E-state index contributed by atoms with van der Waals surface area (Å²) in [6.07, 6.45) is 0. The summed E-state index contributed by atoms with van der Waals surface area (Å²) in [7, 11) is 0. The summed E-state index contributed by atoms with van der Waals surface area (Å²) < 4.78 is 5.69. The van der Waals surface area contributed by atoms with Crippen LogP contribution in [0.2, 0.25) is 0 Å². The molecule has 1 saturated heterocycles. The Morgan fingerprint density at radius 3 is 2.83 bits per heavy atom. The van der Waals surface area contributed by atoms with Gasteiger partial charge in [0.25, 0.3) is 0 Å². The third kappa shape index (κ3) is 2.56. The Morgan fingerprint density at radius 2 is 2.17 bits per heavy atom. The van der Waals surface area contributed by atoms with Crippen LogP contribution >= 0.6 is 0 Å². The summed E-state index contributed by atoms with van der Waals surface area (Å²) in [4.78, 5) is 2.21. The van der Waals surface area contributed by atoms with Gasteiger partial charge in [-0.05, 0) is 26.0 Å². The number of para-hydroxylation sites is 1. The molecular weight excluding hydrogens is 230 g/mol. The predicted octanol–water partition coefficient (Wildman–Crippen LogP) is 1.40. The van der Waals surface area contributed by atoms with Gasteiger partial charge in [0.05, 0.1) is 12.2 Å². The molecule has 18 heavy (non-hydrogen) atoms. The van der Waals surface area contributed by atoms with Crippen molar-refractivity contribution in [1.82, 2.24) is 0 Å². The monoisotopic (exact) mass is 249 g/mol. The number of hydrogen-bond donors (Lipinski definition) is 2. The number of amidine groups is 1. The molecule has 2 rings (SSSR count). The van der Waals surface area contributed by atoms with Crippen LogP contribution in [-0.2, 0) is 4.74 Å². The first-order valence-corrected chi connectivity index (χ1v) is 5.99. The van der Waals surface area contributed by atoms with Crippen LogP contribution in [0.1, 0.15) is 19.4 Å². The lowest BCUT2D eigenvalue weighted by Gasteiger charge is -2.40. The van der Waals surface area contributed by atoms with Crippen molar-refractivity contribution in [2.45, 2.75) is 19.4 Å². The van der Waals surface area contributed by atoms with Crippen LogP contribution in [0.5, 0.6) is 0 Å². The molecule has 5 nitrogen and oxygen atoms in total. The highest BCUT2D eigenvalue weighted by Crippen LogP contribution is 2.26. The lowest BCUT2D eigenvalue weighted by molar-refractivity contribution is -0.0276. The van der Waals surface area contributed by atoms with Crippen molar-refractivity contribution >= 4 is 11.5 Å². The molecule has 1 aliphatic rings. The van der Waals surface area contributed by atoms with Crippen LogP contribution in [0.25, 0.3) is 0 Å². The first-order valence-electron chi connectivity index (χ1n) is 5.99. The van der Waals surface area contributed by atoms with Crippen molar-refractivity contribution in [1.29, 1.82) is 0 Å². The second-order valence-electron chi connectivity index (χ2n) is 5.03. The number of nitrogens with two attached hydrogens (primary N) is 1. The Balaban J connectivity index is 2.33. The summed E-state index contributed by atoms with van der Waals surface area (Å²) in [5.41, 5.74) is 7.25. The standard InChI is InChI=1S/C13H19N3O2/c1-13(2)9-16(7-8-18-13)11-6-4-3-5-10(11)12(14)15-17/h3-6,17H,7-9H2,1-2H3,(H2,14,15). The minimum Gasteiger partial charge on any atom is -0.409 e. The highest BCUT2D eigenvalue weighted by Gasteiger charge is 2.28. The zero-order valence-electron chi connectivity index (χ0n) is 10.8. The minimum atomic E-state index is -0.184. The van der Waals surface area contributed by atoms with E-state index in [-0.39, 0.29) is 11.4 Å². The molecule has 3 N–H and O–H groups in total. The Hall–Kier alpha value is -1.75. The second-order valence-corrected chi connectivity index (χ2v) is 5.03. The van der Waals surface area contributed by atoms with Gasteiger partial charge in [0.2, 0.25) is 0 Å². The quantitative estimate of drug-likeness (QED) is 0.360. The summed E-state index contributed by atoms with van der Waals surface area (Å²) in [5.74, 6) is 0.134. The summed E-state index contributed by atoms with van der Waals surface area (Å²) in [6, 6.07) is 7.66. The summed E-state index contributed by atoms with van der Waals surface area (Å²) in [5, 5.41) is 11.9. The molecule has 1 aromatic rings. The SMILES string of the molecule is CC1(C)CN(c2ccccc2/C(N)=N/O)CCO1. The van der Waals surface area contributed by atoms with Crippen molar-refractivity contribution < 1.29 is 9.94 Å². The van der Waals surface area contributed by atoms with E-state index in [0.29, 0.717) is 6.61 Å². The third-order valence-corrected chi connectivity index (χ3v) is 3.05. The third-order valence-electron chi connectivity index (χ3n) is 3.05. The lowest BCUT2D eigenvalue weighted by atomic mass is 10.0. The topological polar surface area (TPSA) is 71.1 Å². The van der Waals surface area contributed by atoms with Crippen molar-refractivity contribution in [3.63, 3.8) is 0 Å². The van der Waals surface area contributed by atoms with E-state index < -0.39 is 0 Å². The molecule has 98 valence electrons. The number of anilines is 1. The highest BCUT2D eigenvalue weighted by atomic mass is 16.5. The van der Waals surface area contributed by atoms with E-state index in [9.17, 15) is 0 Å². The zero-order chi connectivity index (χ0) is 13.2. The van der Waals surface area contributed by atoms with Gasteiger partial charge in [-0.2, -0.15) is 0 Å². The van der Waals surface area contributed by atoms with Crippen LogP contribution in [0, 0.1) is 0 Å². The van der Waals surface area contributed by atoms with Gasteiger partial charge >= 0.3 is 0 Å². The summed E-state index contributed by atoms with van der Waals surface area (Å²) >= 11 is 0. The molecule has 0 aromatic heterocycles. The molecule has 0 bridgehead atoms. The Kier molecular flexibility index (Phi) is 3.43. The first kappa shape index (κ1) is 12.7. The molecule has 1 aromatic carbocycles. The van der Waals surface area contributed by atoms with E-state index in [4.69, 9.17) is 15.7 Å². The number of hydrogen-bond acceptors (Lipinski definition) is 4. The molecule has 0 unspecified atom stereocenters. The first-order chi connectivity index (χ1) is 8.53. The van der Waals surface area contributed by atoms with Crippen molar-refractivity contribution in [3.8, 4) is 0 Å². The molecule has 1 aliphatic heterocycles. The van der Waals surface area contributed by atoms with E-state index in [2.05, 4.69) is 23.9 Å². The number of rotatable bonds is 2. The number of nitrogens with zero attached hydrogens (tertiary/aromatic N) is 2. The van der Waals surface area contributed by atoms with Crippen molar-refractivity contribution in [2.75, 3.05) is 24.6 Å². The molecular formula is C13H19N3O2. The molecule has 0 aliphatic carbocycles. The predicted molar refractivity (Wildman–Crippen MR) is 71.2 cm³/mol. The van der Waals surface area contributed by atoms with Crippen LogP contribution < -0.4 is 10.6 Å². The van der Waals surface area contributed by atoms with Gasteiger partial charge in [-0.25, -0.2) is 0 Å². The fraction of sp³-hybridized carbons (Fsp3) is 0.462. The minimum absolute atomic E-state index is 0.134. The average Bonchev–Trinajstić information content (AvgIpc) is 2.36. The van der Waals surface area contributed by atoms with Gasteiger partial charge in [-0.15, -0.1) is 0 Å². The normalized spacial score (nSPS) is 19.9. The lowest BCUT2D eigenvalue weighted by Crippen LogP contribution is -2.48. The van der Waals surface area contributed by atoms with Gasteiger partial charge in [0.15, 0.2) is 5.84 Å². The van der Waals surface area contributed by atoms with Crippen LogP contribution in [-0.4, -0.2) is 36.3 Å². The maximum atomic E-state index is 8.83. The van der Waals surface area contributed by atoms with Crippen LogP contribution in [0.15, 0.2) is 29.4 Å². The Morgan fingerprint density at radius 1 is 1.44 bits per heavy atom. The second kappa shape index (κ2) is 4.86. The molecule has 1 fully saturated rings. The number of benzene rings is 1. The zero-order valence-corrected chi connectivity index (χ0v) is 10.8. The average molecular weight is 249 g/mol.